The number of anilines is 1. The van der Waals surface area contributed by atoms with Gasteiger partial charge in [-0.1, -0.05) is 6.07 Å². The molecule has 0 saturated heterocycles. The average molecular weight is 184 g/mol. The average Bonchev–Trinajstić information content (AvgIpc) is 2.82. The Kier molecular flexibility index (Phi) is 1.90. The molecule has 0 radical (unpaired) electrons. The van der Waals surface area contributed by atoms with E-state index in [0.717, 1.165) is 0 Å². The minimum absolute atomic E-state index is 0.226. The molecule has 1 fully saturated rings. The minimum Gasteiger partial charge on any atom is -0.367 e. The molecule has 2 rings (SSSR count). The summed E-state index contributed by atoms with van der Waals surface area (Å²) in [7, 11) is 0. The molecule has 1 heterocycles. The molecule has 0 aromatic carbocycles. The van der Waals surface area contributed by atoms with E-state index in [-0.39, 0.29) is 6.54 Å². The van der Waals surface area contributed by atoms with Gasteiger partial charge in [0.25, 0.3) is 0 Å². The number of aromatic nitrogens is 1. The molecule has 0 bridgehead atoms. The Labute approximate surface area is 75.0 Å². The van der Waals surface area contributed by atoms with Crippen molar-refractivity contribution in [2.75, 3.05) is 11.9 Å². The molecule has 0 unspecified atom stereocenters. The molecular weight excluding hydrogens is 174 g/mol. The van der Waals surface area contributed by atoms with Crippen LogP contribution in [0.2, 0.25) is 0 Å². The molecule has 0 spiro atoms. The van der Waals surface area contributed by atoms with E-state index in [2.05, 4.69) is 10.3 Å². The normalized spacial score (nSPS) is 18.3. The van der Waals surface area contributed by atoms with Crippen molar-refractivity contribution in [3.8, 4) is 0 Å². The second kappa shape index (κ2) is 2.94. The SMILES string of the molecule is Fc1cccc(NCC2(F)CC2)n1. The van der Waals surface area contributed by atoms with Crippen molar-refractivity contribution in [1.82, 2.24) is 4.98 Å². The highest BCUT2D eigenvalue weighted by atomic mass is 19.1. The van der Waals surface area contributed by atoms with Crippen LogP contribution in [0.5, 0.6) is 0 Å². The monoisotopic (exact) mass is 184 g/mol. The molecule has 70 valence electrons. The Morgan fingerprint density at radius 1 is 1.46 bits per heavy atom. The summed E-state index contributed by atoms with van der Waals surface area (Å²) < 4.78 is 25.7. The highest BCUT2D eigenvalue weighted by Gasteiger charge is 2.42. The summed E-state index contributed by atoms with van der Waals surface area (Å²) in [5, 5.41) is 2.76. The Morgan fingerprint density at radius 3 is 2.85 bits per heavy atom. The molecule has 2 nitrogen and oxygen atoms in total. The number of alkyl halides is 1. The number of pyridine rings is 1. The summed E-state index contributed by atoms with van der Waals surface area (Å²) in [5.74, 6) is -0.155. The van der Waals surface area contributed by atoms with Gasteiger partial charge in [0, 0.05) is 0 Å². The van der Waals surface area contributed by atoms with E-state index < -0.39 is 11.6 Å². The van der Waals surface area contributed by atoms with Gasteiger partial charge >= 0.3 is 0 Å². The fraction of sp³-hybridized carbons (Fsp3) is 0.444. The van der Waals surface area contributed by atoms with E-state index in [1.807, 2.05) is 0 Å². The molecule has 1 N–H and O–H groups in total. The van der Waals surface area contributed by atoms with E-state index in [1.165, 1.54) is 6.07 Å². The van der Waals surface area contributed by atoms with Gasteiger partial charge in [0.1, 0.15) is 11.5 Å². The van der Waals surface area contributed by atoms with Crippen LogP contribution in [0.3, 0.4) is 0 Å². The van der Waals surface area contributed by atoms with Crippen molar-refractivity contribution in [2.24, 2.45) is 0 Å². The number of halogens is 2. The van der Waals surface area contributed by atoms with Crippen LogP contribution in [0.15, 0.2) is 18.2 Å². The van der Waals surface area contributed by atoms with Crippen LogP contribution >= 0.6 is 0 Å². The van der Waals surface area contributed by atoms with Gasteiger partial charge in [0.15, 0.2) is 0 Å². The minimum atomic E-state index is -1.08. The molecule has 1 aliphatic carbocycles. The molecule has 0 amide bonds. The second-order valence-corrected chi connectivity index (χ2v) is 3.35. The summed E-state index contributed by atoms with van der Waals surface area (Å²) in [6.45, 7) is 0.226. The lowest BCUT2D eigenvalue weighted by Crippen LogP contribution is -2.16. The number of rotatable bonds is 3. The van der Waals surface area contributed by atoms with Gasteiger partial charge in [-0.25, -0.2) is 9.37 Å². The first-order chi connectivity index (χ1) is 6.18. The molecule has 1 saturated carbocycles. The van der Waals surface area contributed by atoms with E-state index in [9.17, 15) is 8.78 Å². The largest absolute Gasteiger partial charge is 0.367 e. The Hall–Kier alpha value is -1.19. The van der Waals surface area contributed by atoms with Gasteiger partial charge in [-0.2, -0.15) is 4.39 Å². The van der Waals surface area contributed by atoms with Crippen molar-refractivity contribution >= 4 is 5.82 Å². The molecule has 0 atom stereocenters. The van der Waals surface area contributed by atoms with Crippen LogP contribution in [0, 0.1) is 5.95 Å². The zero-order valence-electron chi connectivity index (χ0n) is 7.06. The van der Waals surface area contributed by atoms with E-state index >= 15 is 0 Å². The van der Waals surface area contributed by atoms with Crippen molar-refractivity contribution in [3.05, 3.63) is 24.1 Å². The van der Waals surface area contributed by atoms with Crippen LogP contribution in [0.1, 0.15) is 12.8 Å². The summed E-state index contributed by atoms with van der Waals surface area (Å²) in [6, 6.07) is 4.42. The lowest BCUT2D eigenvalue weighted by molar-refractivity contribution is 0.326. The predicted molar refractivity (Wildman–Crippen MR) is 45.8 cm³/mol. The summed E-state index contributed by atoms with van der Waals surface area (Å²) in [4.78, 5) is 3.56. The number of nitrogens with one attached hydrogen (secondary N) is 1. The van der Waals surface area contributed by atoms with Gasteiger partial charge in [-0.3, -0.25) is 0 Å². The predicted octanol–water partition coefficient (Wildman–Crippen LogP) is 2.13. The summed E-state index contributed by atoms with van der Waals surface area (Å²) in [5.41, 5.74) is -1.08. The van der Waals surface area contributed by atoms with Crippen LogP contribution in [-0.4, -0.2) is 17.2 Å². The lowest BCUT2D eigenvalue weighted by atomic mass is 10.3. The molecule has 0 aliphatic heterocycles. The van der Waals surface area contributed by atoms with Crippen LogP contribution < -0.4 is 5.32 Å². The standard InChI is InChI=1S/C9H10F2N2/c10-7-2-1-3-8(13-7)12-6-9(11)4-5-9/h1-3H,4-6H2,(H,12,13). The maximum Gasteiger partial charge on any atom is 0.214 e. The third kappa shape index (κ3) is 2.14. The van der Waals surface area contributed by atoms with E-state index in [4.69, 9.17) is 0 Å². The maximum atomic E-state index is 13.1. The zero-order chi connectivity index (χ0) is 9.31. The molecule has 13 heavy (non-hydrogen) atoms. The first-order valence-electron chi connectivity index (χ1n) is 4.23. The zero-order valence-corrected chi connectivity index (χ0v) is 7.06. The topological polar surface area (TPSA) is 24.9 Å². The number of hydrogen-bond acceptors (Lipinski definition) is 2. The van der Waals surface area contributed by atoms with Gasteiger partial charge in [0.2, 0.25) is 5.95 Å². The molecule has 1 aromatic heterocycles. The number of nitrogens with zero attached hydrogens (tertiary/aromatic N) is 1. The molecule has 4 heteroatoms. The second-order valence-electron chi connectivity index (χ2n) is 3.35. The quantitative estimate of drug-likeness (QED) is 0.728. The Bertz CT molecular complexity index is 310. The van der Waals surface area contributed by atoms with Gasteiger partial charge in [-0.05, 0) is 25.0 Å². The molecular formula is C9H10F2N2. The third-order valence-corrected chi connectivity index (χ3v) is 2.09. The van der Waals surface area contributed by atoms with Gasteiger partial charge in [-0.15, -0.1) is 0 Å². The fourth-order valence-electron chi connectivity index (χ4n) is 1.07. The fourth-order valence-corrected chi connectivity index (χ4v) is 1.07. The van der Waals surface area contributed by atoms with Crippen molar-refractivity contribution in [2.45, 2.75) is 18.5 Å². The summed E-state index contributed by atoms with van der Waals surface area (Å²) >= 11 is 0. The van der Waals surface area contributed by atoms with Crippen LogP contribution in [0.25, 0.3) is 0 Å². The van der Waals surface area contributed by atoms with Crippen molar-refractivity contribution in [1.29, 1.82) is 0 Å². The summed E-state index contributed by atoms with van der Waals surface area (Å²) in [6.07, 6.45) is 1.19. The Balaban J connectivity index is 1.94. The smallest absolute Gasteiger partial charge is 0.214 e. The van der Waals surface area contributed by atoms with Crippen molar-refractivity contribution < 1.29 is 8.78 Å². The highest BCUT2D eigenvalue weighted by molar-refractivity contribution is 5.34. The highest BCUT2D eigenvalue weighted by Crippen LogP contribution is 2.39. The Morgan fingerprint density at radius 2 is 2.23 bits per heavy atom. The maximum absolute atomic E-state index is 13.1. The molecule has 1 aliphatic rings. The number of hydrogen-bond donors (Lipinski definition) is 1. The lowest BCUT2D eigenvalue weighted by Gasteiger charge is -2.07. The third-order valence-electron chi connectivity index (χ3n) is 2.09. The van der Waals surface area contributed by atoms with Crippen LogP contribution in [-0.2, 0) is 0 Å². The first kappa shape index (κ1) is 8.41. The van der Waals surface area contributed by atoms with Gasteiger partial charge in [0.05, 0.1) is 6.54 Å². The van der Waals surface area contributed by atoms with E-state index in [0.29, 0.717) is 18.7 Å². The van der Waals surface area contributed by atoms with Gasteiger partial charge < -0.3 is 5.32 Å². The van der Waals surface area contributed by atoms with Crippen molar-refractivity contribution in [3.63, 3.8) is 0 Å². The molecule has 1 aromatic rings. The van der Waals surface area contributed by atoms with E-state index in [1.54, 1.807) is 12.1 Å². The first-order valence-corrected chi connectivity index (χ1v) is 4.23. The van der Waals surface area contributed by atoms with Crippen LogP contribution in [0.4, 0.5) is 14.6 Å².